The van der Waals surface area contributed by atoms with Crippen molar-refractivity contribution in [2.75, 3.05) is 25.7 Å². The molecular formula is C27H21Br2ClN2O5S. The smallest absolute Gasteiger partial charge is 0.325 e. The van der Waals surface area contributed by atoms with Gasteiger partial charge in [0.1, 0.15) is 30.3 Å². The Morgan fingerprint density at radius 3 is 2.24 bits per heavy atom. The molecule has 1 heterocycles. The largest absolute Gasteiger partial charge is 0.497 e. The highest BCUT2D eigenvalue weighted by molar-refractivity contribution is 9.11. The number of rotatable bonds is 8. The van der Waals surface area contributed by atoms with E-state index in [-0.39, 0.29) is 23.3 Å². The number of esters is 1. The molecule has 196 valence electrons. The predicted octanol–water partition coefficient (Wildman–Crippen LogP) is 6.60. The summed E-state index contributed by atoms with van der Waals surface area (Å²) in [5.41, 5.74) is 2.42. The molecular weight excluding hydrogens is 660 g/mol. The fourth-order valence-corrected chi connectivity index (χ4v) is 5.61. The molecule has 0 saturated carbocycles. The summed E-state index contributed by atoms with van der Waals surface area (Å²) in [6.07, 6.45) is 1.67. The first-order valence-corrected chi connectivity index (χ1v) is 13.5. The van der Waals surface area contributed by atoms with Crippen molar-refractivity contribution in [1.29, 1.82) is 0 Å². The van der Waals surface area contributed by atoms with Crippen molar-refractivity contribution in [3.05, 3.63) is 91.5 Å². The van der Waals surface area contributed by atoms with E-state index in [0.717, 1.165) is 5.56 Å². The summed E-state index contributed by atoms with van der Waals surface area (Å²) in [6.45, 7) is 0.121. The van der Waals surface area contributed by atoms with Gasteiger partial charge in [-0.1, -0.05) is 23.7 Å². The summed E-state index contributed by atoms with van der Waals surface area (Å²) < 4.78 is 17.4. The number of nitrogens with zero attached hydrogens (tertiary/aromatic N) is 2. The van der Waals surface area contributed by atoms with E-state index in [1.807, 2.05) is 24.3 Å². The van der Waals surface area contributed by atoms with Crippen LogP contribution in [-0.2, 0) is 20.9 Å². The molecule has 1 aliphatic rings. The van der Waals surface area contributed by atoms with E-state index in [9.17, 15) is 9.59 Å². The second-order valence-electron chi connectivity index (χ2n) is 8.04. The number of carbonyl (C=O) groups excluding carboxylic acids is 2. The molecule has 0 bridgehead atoms. The van der Waals surface area contributed by atoms with Crippen LogP contribution in [0.15, 0.2) is 75.3 Å². The molecule has 3 aromatic carbocycles. The SMILES string of the molecule is COC(=O)CN1C(=S)N(c2ccc(OC)cc2)C(=O)/C1=C/c1cc(Br)c(OCc2ccc(Cl)cc2)c(Br)c1. The van der Waals surface area contributed by atoms with Gasteiger partial charge in [0.05, 0.1) is 28.9 Å². The van der Waals surface area contributed by atoms with Crippen molar-refractivity contribution in [1.82, 2.24) is 4.90 Å². The highest BCUT2D eigenvalue weighted by Crippen LogP contribution is 2.37. The Hall–Kier alpha value is -2.92. The molecule has 0 aromatic heterocycles. The minimum atomic E-state index is -0.532. The number of anilines is 1. The lowest BCUT2D eigenvalue weighted by Crippen LogP contribution is -2.35. The van der Waals surface area contributed by atoms with Gasteiger partial charge >= 0.3 is 5.97 Å². The molecule has 0 N–H and O–H groups in total. The van der Waals surface area contributed by atoms with Crippen LogP contribution in [0.5, 0.6) is 11.5 Å². The fraction of sp³-hybridized carbons (Fsp3) is 0.148. The van der Waals surface area contributed by atoms with Crippen LogP contribution in [0, 0.1) is 0 Å². The summed E-state index contributed by atoms with van der Waals surface area (Å²) in [5, 5.41) is 0.819. The number of ether oxygens (including phenoxy) is 3. The van der Waals surface area contributed by atoms with Gasteiger partial charge in [0.25, 0.3) is 5.91 Å². The summed E-state index contributed by atoms with van der Waals surface area (Å²) in [5.74, 6) is 0.332. The van der Waals surface area contributed by atoms with Crippen molar-refractivity contribution in [2.24, 2.45) is 0 Å². The van der Waals surface area contributed by atoms with Gasteiger partial charge in [0, 0.05) is 5.02 Å². The minimum Gasteiger partial charge on any atom is -0.497 e. The number of benzene rings is 3. The highest BCUT2D eigenvalue weighted by atomic mass is 79.9. The topological polar surface area (TPSA) is 68.3 Å². The van der Waals surface area contributed by atoms with Gasteiger partial charge in [-0.05, 0) is 110 Å². The van der Waals surface area contributed by atoms with Crippen molar-refractivity contribution >= 4 is 84.4 Å². The Balaban J connectivity index is 1.65. The lowest BCUT2D eigenvalue weighted by molar-refractivity contribution is -0.140. The molecule has 11 heteroatoms. The van der Waals surface area contributed by atoms with Crippen LogP contribution in [0.25, 0.3) is 6.08 Å². The second-order valence-corrected chi connectivity index (χ2v) is 10.6. The van der Waals surface area contributed by atoms with Gasteiger partial charge in [-0.3, -0.25) is 14.5 Å². The molecule has 38 heavy (non-hydrogen) atoms. The van der Waals surface area contributed by atoms with Crippen molar-refractivity contribution in [2.45, 2.75) is 6.61 Å². The number of hydrogen-bond acceptors (Lipinski definition) is 6. The third kappa shape index (κ3) is 6.20. The van der Waals surface area contributed by atoms with Gasteiger partial charge in [-0.25, -0.2) is 0 Å². The molecule has 1 fully saturated rings. The molecule has 0 radical (unpaired) electrons. The van der Waals surface area contributed by atoms with E-state index in [1.165, 1.54) is 16.9 Å². The first kappa shape index (κ1) is 28.1. The third-order valence-electron chi connectivity index (χ3n) is 5.60. The highest BCUT2D eigenvalue weighted by Gasteiger charge is 2.40. The molecule has 1 amide bonds. The van der Waals surface area contributed by atoms with Gasteiger partial charge in [-0.15, -0.1) is 0 Å². The minimum absolute atomic E-state index is 0.165. The Morgan fingerprint density at radius 2 is 1.66 bits per heavy atom. The zero-order valence-corrected chi connectivity index (χ0v) is 25.0. The van der Waals surface area contributed by atoms with Gasteiger partial charge in [0.2, 0.25) is 0 Å². The van der Waals surface area contributed by atoms with Crippen molar-refractivity contribution < 1.29 is 23.8 Å². The van der Waals surface area contributed by atoms with Crippen LogP contribution in [0.2, 0.25) is 5.02 Å². The average molecular weight is 681 g/mol. The van der Waals surface area contributed by atoms with E-state index in [4.69, 9.17) is 38.0 Å². The summed E-state index contributed by atoms with van der Waals surface area (Å²) in [6, 6.07) is 17.9. The number of halogens is 3. The molecule has 0 atom stereocenters. The van der Waals surface area contributed by atoms with E-state index in [0.29, 0.717) is 43.3 Å². The van der Waals surface area contributed by atoms with E-state index < -0.39 is 5.97 Å². The molecule has 0 unspecified atom stereocenters. The van der Waals surface area contributed by atoms with Crippen LogP contribution >= 0.6 is 55.7 Å². The Bertz CT molecular complexity index is 1390. The molecule has 4 rings (SSSR count). The lowest BCUT2D eigenvalue weighted by atomic mass is 10.1. The molecule has 7 nitrogen and oxygen atoms in total. The Labute approximate surface area is 247 Å². The van der Waals surface area contributed by atoms with Gasteiger partial charge in [-0.2, -0.15) is 0 Å². The quantitative estimate of drug-likeness (QED) is 0.151. The predicted molar refractivity (Wildman–Crippen MR) is 157 cm³/mol. The number of amides is 1. The third-order valence-corrected chi connectivity index (χ3v) is 7.43. The van der Waals surface area contributed by atoms with Gasteiger partial charge < -0.3 is 19.1 Å². The van der Waals surface area contributed by atoms with Crippen LogP contribution in [0.3, 0.4) is 0 Å². The number of carbonyl (C=O) groups is 2. The molecule has 1 saturated heterocycles. The normalized spacial score (nSPS) is 14.3. The van der Waals surface area contributed by atoms with Crippen LogP contribution < -0.4 is 14.4 Å². The standard InChI is InChI=1S/C27H21Br2ClN2O5S/c1-35-20-9-7-19(8-10-20)32-26(34)23(31(27(32)38)14-24(33)36-2)13-17-11-21(28)25(22(29)12-17)37-15-16-3-5-18(30)6-4-16/h3-13H,14-15H2,1-2H3/b23-13-. The van der Waals surface area contributed by atoms with E-state index in [2.05, 4.69) is 31.9 Å². The zero-order valence-electron chi connectivity index (χ0n) is 20.2. The van der Waals surface area contributed by atoms with E-state index in [1.54, 1.807) is 49.6 Å². The van der Waals surface area contributed by atoms with Crippen LogP contribution in [0.1, 0.15) is 11.1 Å². The monoisotopic (exact) mass is 678 g/mol. The average Bonchev–Trinajstić information content (AvgIpc) is 3.13. The first-order chi connectivity index (χ1) is 18.2. The summed E-state index contributed by atoms with van der Waals surface area (Å²) in [4.78, 5) is 28.6. The van der Waals surface area contributed by atoms with Crippen molar-refractivity contribution in [3.63, 3.8) is 0 Å². The first-order valence-electron chi connectivity index (χ1n) is 11.2. The Kier molecular flexibility index (Phi) is 9.09. The lowest BCUT2D eigenvalue weighted by Gasteiger charge is -2.19. The molecule has 3 aromatic rings. The Morgan fingerprint density at radius 1 is 1.03 bits per heavy atom. The van der Waals surface area contributed by atoms with E-state index >= 15 is 0 Å². The molecule has 0 spiro atoms. The maximum atomic E-state index is 13.6. The summed E-state index contributed by atoms with van der Waals surface area (Å²) in [7, 11) is 2.84. The number of methoxy groups -OCH3 is 2. The molecule has 1 aliphatic heterocycles. The maximum Gasteiger partial charge on any atom is 0.325 e. The van der Waals surface area contributed by atoms with Gasteiger partial charge in [0.15, 0.2) is 5.11 Å². The second kappa shape index (κ2) is 12.3. The number of hydrogen-bond donors (Lipinski definition) is 0. The van der Waals surface area contributed by atoms with Crippen LogP contribution in [0.4, 0.5) is 5.69 Å². The molecule has 0 aliphatic carbocycles. The number of thiocarbonyl (C=S) groups is 1. The maximum absolute atomic E-state index is 13.6. The van der Waals surface area contributed by atoms with Crippen molar-refractivity contribution in [3.8, 4) is 11.5 Å². The van der Waals surface area contributed by atoms with Crippen LogP contribution in [-0.4, -0.2) is 42.7 Å². The zero-order chi connectivity index (χ0) is 27.4. The summed E-state index contributed by atoms with van der Waals surface area (Å²) >= 11 is 18.7. The fourth-order valence-electron chi connectivity index (χ4n) is 3.68.